The van der Waals surface area contributed by atoms with E-state index in [1.165, 1.54) is 24.3 Å². The van der Waals surface area contributed by atoms with Crippen LogP contribution < -0.4 is 25.3 Å². The third-order valence-electron chi connectivity index (χ3n) is 7.16. The normalized spacial score (nSPS) is 14.7. The zero-order chi connectivity index (χ0) is 31.1. The van der Waals surface area contributed by atoms with Crippen LogP contribution in [0.1, 0.15) is 65.1 Å². The number of amides is 1. The van der Waals surface area contributed by atoms with Gasteiger partial charge in [-0.05, 0) is 42.5 Å². The largest absolute Gasteiger partial charge is 0.456 e. The molecular formula is C32H32N2O9. The zero-order valence-electron chi connectivity index (χ0n) is 24.1. The van der Waals surface area contributed by atoms with Crippen molar-refractivity contribution >= 4 is 23.8 Å². The first-order valence-corrected chi connectivity index (χ1v) is 13.9. The van der Waals surface area contributed by atoms with Crippen LogP contribution in [0.2, 0.25) is 0 Å². The summed E-state index contributed by atoms with van der Waals surface area (Å²) in [6.07, 6.45) is -0.915. The number of aliphatic hydroxyl groups is 1. The lowest BCUT2D eigenvalue weighted by atomic mass is 9.77. The van der Waals surface area contributed by atoms with E-state index in [1.807, 2.05) is 0 Å². The summed E-state index contributed by atoms with van der Waals surface area (Å²) >= 11 is 0. The summed E-state index contributed by atoms with van der Waals surface area (Å²) in [6.45, 7) is 6.77. The number of benzene rings is 3. The van der Waals surface area contributed by atoms with Crippen molar-refractivity contribution in [2.24, 2.45) is 17.6 Å². The average molecular weight is 589 g/mol. The Balaban J connectivity index is 1.66. The lowest BCUT2D eigenvalue weighted by Gasteiger charge is -2.36. The molecule has 2 aliphatic heterocycles. The van der Waals surface area contributed by atoms with Gasteiger partial charge in [0.1, 0.15) is 23.0 Å². The number of ether oxygens (including phenoxy) is 4. The highest BCUT2D eigenvalue weighted by atomic mass is 16.6. The molecule has 4 N–H and O–H groups in total. The van der Waals surface area contributed by atoms with E-state index in [0.717, 1.165) is 0 Å². The maximum atomic E-state index is 13.3. The fourth-order valence-corrected chi connectivity index (χ4v) is 4.81. The van der Waals surface area contributed by atoms with Gasteiger partial charge in [0.15, 0.2) is 5.60 Å². The molecule has 11 nitrogen and oxygen atoms in total. The van der Waals surface area contributed by atoms with Gasteiger partial charge in [-0.25, -0.2) is 4.79 Å². The number of aliphatic hydroxyl groups excluding tert-OH is 1. The van der Waals surface area contributed by atoms with Gasteiger partial charge in [-0.15, -0.1) is 0 Å². The number of nitrogens with two attached hydrogens (primary N) is 1. The fourth-order valence-electron chi connectivity index (χ4n) is 4.81. The van der Waals surface area contributed by atoms with Gasteiger partial charge in [0.05, 0.1) is 23.5 Å². The Bertz CT molecular complexity index is 1560. The lowest BCUT2D eigenvalue weighted by Crippen LogP contribution is -2.36. The van der Waals surface area contributed by atoms with Crippen molar-refractivity contribution in [3.8, 4) is 23.0 Å². The van der Waals surface area contributed by atoms with Crippen LogP contribution in [0.3, 0.4) is 0 Å². The Hall–Kier alpha value is -4.74. The second-order valence-electron chi connectivity index (χ2n) is 11.0. The summed E-state index contributed by atoms with van der Waals surface area (Å²) < 4.78 is 23.4. The molecule has 11 heteroatoms. The van der Waals surface area contributed by atoms with Crippen molar-refractivity contribution in [2.75, 3.05) is 13.1 Å². The lowest BCUT2D eigenvalue weighted by molar-refractivity contribution is -0.138. The molecule has 0 bridgehead atoms. The van der Waals surface area contributed by atoms with Crippen molar-refractivity contribution in [3.05, 3.63) is 82.4 Å². The minimum Gasteiger partial charge on any atom is -0.456 e. The van der Waals surface area contributed by atoms with Gasteiger partial charge >= 0.3 is 17.9 Å². The molecule has 5 rings (SSSR count). The number of hydrogen-bond acceptors (Lipinski definition) is 10. The van der Waals surface area contributed by atoms with Crippen LogP contribution in [-0.4, -0.2) is 48.1 Å². The van der Waals surface area contributed by atoms with Crippen molar-refractivity contribution in [1.82, 2.24) is 5.32 Å². The minimum atomic E-state index is -1.55. The quantitative estimate of drug-likeness (QED) is 0.262. The predicted molar refractivity (Wildman–Crippen MR) is 153 cm³/mol. The van der Waals surface area contributed by atoms with Crippen LogP contribution in [0.15, 0.2) is 54.6 Å². The van der Waals surface area contributed by atoms with Crippen molar-refractivity contribution in [1.29, 1.82) is 0 Å². The number of hydrogen-bond donors (Lipinski definition) is 3. The van der Waals surface area contributed by atoms with Gasteiger partial charge in [0.25, 0.3) is 5.91 Å². The Labute approximate surface area is 247 Å². The second-order valence-corrected chi connectivity index (χ2v) is 11.0. The van der Waals surface area contributed by atoms with Crippen LogP contribution in [0.4, 0.5) is 0 Å². The van der Waals surface area contributed by atoms with E-state index in [1.54, 1.807) is 58.0 Å². The van der Waals surface area contributed by atoms with Crippen molar-refractivity contribution in [2.45, 2.75) is 39.4 Å². The first-order chi connectivity index (χ1) is 20.4. The molecule has 0 saturated heterocycles. The van der Waals surface area contributed by atoms with Gasteiger partial charge in [0.2, 0.25) is 0 Å². The summed E-state index contributed by atoms with van der Waals surface area (Å²) in [5.74, 6) is -1.84. The minimum absolute atomic E-state index is 0.0214. The molecule has 3 aromatic carbocycles. The van der Waals surface area contributed by atoms with Crippen LogP contribution in [0.5, 0.6) is 23.0 Å². The van der Waals surface area contributed by atoms with Crippen LogP contribution in [0, 0.1) is 11.8 Å². The van der Waals surface area contributed by atoms with Crippen molar-refractivity contribution < 1.29 is 43.2 Å². The number of esters is 3. The van der Waals surface area contributed by atoms with Crippen LogP contribution in [-0.2, 0) is 19.9 Å². The predicted octanol–water partition coefficient (Wildman–Crippen LogP) is 3.43. The summed E-state index contributed by atoms with van der Waals surface area (Å²) in [4.78, 5) is 50.9. The molecule has 0 radical (unpaired) electrons. The third kappa shape index (κ3) is 5.44. The number of rotatable bonds is 8. The molecule has 224 valence electrons. The smallest absolute Gasteiger partial charge is 0.340 e. The molecule has 0 saturated carbocycles. The summed E-state index contributed by atoms with van der Waals surface area (Å²) in [5.41, 5.74) is 5.60. The number of carbonyl (C=O) groups excluding carboxylic acids is 4. The maximum absolute atomic E-state index is 13.3. The number of fused-ring (bicyclic) bond motifs is 6. The van der Waals surface area contributed by atoms with Gasteiger partial charge in [-0.3, -0.25) is 14.4 Å². The molecule has 43 heavy (non-hydrogen) atoms. The van der Waals surface area contributed by atoms with Crippen molar-refractivity contribution in [3.63, 3.8) is 0 Å². The molecule has 3 aromatic rings. The molecule has 2 aliphatic rings. The summed E-state index contributed by atoms with van der Waals surface area (Å²) in [5, 5.41) is 12.4. The van der Waals surface area contributed by atoms with Gasteiger partial charge in [0, 0.05) is 47.5 Å². The number of nitrogens with one attached hydrogen (secondary N) is 1. The molecule has 1 unspecified atom stereocenters. The topological polar surface area (TPSA) is 163 Å². The molecule has 1 spiro atoms. The maximum Gasteiger partial charge on any atom is 0.340 e. The van der Waals surface area contributed by atoms with E-state index in [9.17, 15) is 24.3 Å². The first-order valence-electron chi connectivity index (χ1n) is 13.9. The molecule has 0 aliphatic carbocycles. The Kier molecular flexibility index (Phi) is 7.96. The molecule has 0 aromatic heterocycles. The zero-order valence-corrected chi connectivity index (χ0v) is 24.1. The Morgan fingerprint density at radius 1 is 0.860 bits per heavy atom. The molecule has 0 fully saturated rings. The average Bonchev–Trinajstić information content (AvgIpc) is 3.27. The highest BCUT2D eigenvalue weighted by Crippen LogP contribution is 2.57. The van der Waals surface area contributed by atoms with Gasteiger partial charge in [-0.2, -0.15) is 0 Å². The van der Waals surface area contributed by atoms with E-state index < -0.39 is 35.5 Å². The van der Waals surface area contributed by atoms with Gasteiger partial charge < -0.3 is 35.1 Å². The SMILES string of the molecule is CC(C)C(=O)Oc1ccc2c(c1)Oc1cc(OC(=O)C(C)C)ccc1C21OC(=O)c2ccc(C(=O)NCC(O)CN)cc21. The highest BCUT2D eigenvalue weighted by molar-refractivity contribution is 6.00. The molecule has 1 atom stereocenters. The van der Waals surface area contributed by atoms with E-state index in [0.29, 0.717) is 16.7 Å². The molecule has 1 amide bonds. The van der Waals surface area contributed by atoms with E-state index in [2.05, 4.69) is 5.32 Å². The van der Waals surface area contributed by atoms with Crippen LogP contribution in [0.25, 0.3) is 0 Å². The number of carbonyl (C=O) groups is 4. The molecular weight excluding hydrogens is 556 g/mol. The third-order valence-corrected chi connectivity index (χ3v) is 7.16. The van der Waals surface area contributed by atoms with E-state index >= 15 is 0 Å². The second kappa shape index (κ2) is 11.5. The van der Waals surface area contributed by atoms with E-state index in [4.69, 9.17) is 24.7 Å². The summed E-state index contributed by atoms with van der Waals surface area (Å²) in [6, 6.07) is 14.0. The van der Waals surface area contributed by atoms with E-state index in [-0.39, 0.29) is 59.1 Å². The highest BCUT2D eigenvalue weighted by Gasteiger charge is 2.54. The monoisotopic (exact) mass is 588 g/mol. The Morgan fingerprint density at radius 2 is 1.42 bits per heavy atom. The fraction of sp³-hybridized carbons (Fsp3) is 0.312. The Morgan fingerprint density at radius 3 is 1.93 bits per heavy atom. The molecule has 2 heterocycles. The first kappa shape index (κ1) is 29.7. The standard InChI is InChI=1S/C32H32N2O9/c1-16(2)29(37)40-20-6-9-23-26(12-20)42-27-13-21(41-30(38)17(3)4)7-10-24(27)32(23)25-11-18(5-8-22(25)31(39)43-32)28(36)34-15-19(35)14-33/h5-13,16-17,19,35H,14-15,33H2,1-4H3,(H,34,36). The summed E-state index contributed by atoms with van der Waals surface area (Å²) in [7, 11) is 0. The van der Waals surface area contributed by atoms with Gasteiger partial charge in [-0.1, -0.05) is 27.7 Å². The van der Waals surface area contributed by atoms with Crippen LogP contribution >= 0.6 is 0 Å².